The lowest BCUT2D eigenvalue weighted by molar-refractivity contribution is 0.415. The summed E-state index contributed by atoms with van der Waals surface area (Å²) in [6.07, 6.45) is 1.01. The first-order valence-electron chi connectivity index (χ1n) is 7.25. The number of hydrogen-bond acceptors (Lipinski definition) is 4. The van der Waals surface area contributed by atoms with Crippen LogP contribution in [-0.2, 0) is 6.42 Å². The van der Waals surface area contributed by atoms with Crippen LogP contribution < -0.4 is 15.0 Å². The molecule has 0 unspecified atom stereocenters. The highest BCUT2D eigenvalue weighted by atomic mass is 16.5. The Kier molecular flexibility index (Phi) is 3.74. The molecule has 3 rings (SSSR count). The molecule has 106 valence electrons. The van der Waals surface area contributed by atoms with Crippen LogP contribution in [0, 0.1) is 0 Å². The van der Waals surface area contributed by atoms with Crippen LogP contribution in [0.15, 0.2) is 24.3 Å². The van der Waals surface area contributed by atoms with E-state index in [-0.39, 0.29) is 0 Å². The molecule has 2 aromatic rings. The topological polar surface area (TPSA) is 37.4 Å². The SMILES string of the molecule is CCc1cc2ccc(OC)cc2nc1N1CCNCC1. The molecule has 4 nitrogen and oxygen atoms in total. The van der Waals surface area contributed by atoms with Crippen molar-refractivity contribution in [2.45, 2.75) is 13.3 Å². The number of rotatable bonds is 3. The monoisotopic (exact) mass is 271 g/mol. The van der Waals surface area contributed by atoms with Gasteiger partial charge in [0.2, 0.25) is 0 Å². The summed E-state index contributed by atoms with van der Waals surface area (Å²) in [6, 6.07) is 8.36. The molecule has 4 heteroatoms. The number of benzene rings is 1. The van der Waals surface area contributed by atoms with Crippen molar-refractivity contribution in [3.63, 3.8) is 0 Å². The number of piperazine rings is 1. The molecule has 0 atom stereocenters. The van der Waals surface area contributed by atoms with Crippen LogP contribution in [0.1, 0.15) is 12.5 Å². The molecule has 0 amide bonds. The number of hydrogen-bond donors (Lipinski definition) is 1. The maximum absolute atomic E-state index is 5.30. The first-order valence-corrected chi connectivity index (χ1v) is 7.25. The summed E-state index contributed by atoms with van der Waals surface area (Å²) < 4.78 is 5.30. The molecule has 1 aliphatic rings. The lowest BCUT2D eigenvalue weighted by Gasteiger charge is -2.30. The lowest BCUT2D eigenvalue weighted by Crippen LogP contribution is -2.44. The smallest absolute Gasteiger partial charge is 0.132 e. The van der Waals surface area contributed by atoms with E-state index >= 15 is 0 Å². The summed E-state index contributed by atoms with van der Waals surface area (Å²) in [4.78, 5) is 7.28. The Morgan fingerprint density at radius 3 is 2.75 bits per heavy atom. The van der Waals surface area contributed by atoms with Crippen LogP contribution in [0.5, 0.6) is 5.75 Å². The highest BCUT2D eigenvalue weighted by molar-refractivity contribution is 5.83. The van der Waals surface area contributed by atoms with E-state index in [0.29, 0.717) is 0 Å². The lowest BCUT2D eigenvalue weighted by atomic mass is 10.1. The van der Waals surface area contributed by atoms with E-state index in [1.165, 1.54) is 10.9 Å². The number of nitrogens with zero attached hydrogens (tertiary/aromatic N) is 2. The maximum Gasteiger partial charge on any atom is 0.132 e. The average Bonchev–Trinajstić information content (AvgIpc) is 2.53. The quantitative estimate of drug-likeness (QED) is 0.929. The third-order valence-electron chi connectivity index (χ3n) is 3.88. The molecule has 0 saturated carbocycles. The molecule has 0 aliphatic carbocycles. The summed E-state index contributed by atoms with van der Waals surface area (Å²) in [5.41, 5.74) is 2.33. The van der Waals surface area contributed by atoms with Gasteiger partial charge in [-0.1, -0.05) is 6.92 Å². The number of nitrogens with one attached hydrogen (secondary N) is 1. The van der Waals surface area contributed by atoms with E-state index in [4.69, 9.17) is 9.72 Å². The third-order valence-corrected chi connectivity index (χ3v) is 3.88. The zero-order valence-corrected chi connectivity index (χ0v) is 12.1. The third kappa shape index (κ3) is 2.43. The molecule has 0 spiro atoms. The van der Waals surface area contributed by atoms with Crippen molar-refractivity contribution in [2.75, 3.05) is 38.2 Å². The predicted molar refractivity (Wildman–Crippen MR) is 82.8 cm³/mol. The standard InChI is InChI=1S/C16H21N3O/c1-3-12-10-13-4-5-14(20-2)11-15(13)18-16(12)19-8-6-17-7-9-19/h4-5,10-11,17H,3,6-9H2,1-2H3. The minimum absolute atomic E-state index is 0.862. The molecule has 1 aromatic heterocycles. The predicted octanol–water partition coefficient (Wildman–Crippen LogP) is 2.22. The zero-order chi connectivity index (χ0) is 13.9. The zero-order valence-electron chi connectivity index (χ0n) is 12.1. The van der Waals surface area contributed by atoms with Crippen LogP contribution in [0.25, 0.3) is 10.9 Å². The number of methoxy groups -OCH3 is 1. The highest BCUT2D eigenvalue weighted by Gasteiger charge is 2.16. The Bertz CT molecular complexity index is 606. The Labute approximate surface area is 119 Å². The van der Waals surface area contributed by atoms with Gasteiger partial charge < -0.3 is 15.0 Å². The fraction of sp³-hybridized carbons (Fsp3) is 0.438. The number of anilines is 1. The summed E-state index contributed by atoms with van der Waals surface area (Å²) >= 11 is 0. The van der Waals surface area contributed by atoms with Gasteiger partial charge in [0.1, 0.15) is 11.6 Å². The van der Waals surface area contributed by atoms with Gasteiger partial charge in [-0.3, -0.25) is 0 Å². The molecule has 1 N–H and O–H groups in total. The highest BCUT2D eigenvalue weighted by Crippen LogP contribution is 2.27. The Hall–Kier alpha value is -1.81. The van der Waals surface area contributed by atoms with Crippen LogP contribution in [0.2, 0.25) is 0 Å². The molecule has 20 heavy (non-hydrogen) atoms. The van der Waals surface area contributed by atoms with Crippen molar-refractivity contribution in [3.05, 3.63) is 29.8 Å². The van der Waals surface area contributed by atoms with Gasteiger partial charge >= 0.3 is 0 Å². The van der Waals surface area contributed by atoms with Gasteiger partial charge in [0.25, 0.3) is 0 Å². The second-order valence-corrected chi connectivity index (χ2v) is 5.12. The second kappa shape index (κ2) is 5.67. The summed E-state index contributed by atoms with van der Waals surface area (Å²) in [5, 5.41) is 4.57. The van der Waals surface area contributed by atoms with Gasteiger partial charge in [0.05, 0.1) is 12.6 Å². The number of fused-ring (bicyclic) bond motifs is 1. The van der Waals surface area contributed by atoms with Crippen LogP contribution in [0.4, 0.5) is 5.82 Å². The summed E-state index contributed by atoms with van der Waals surface area (Å²) in [6.45, 7) is 6.30. The fourth-order valence-corrected chi connectivity index (χ4v) is 2.72. The summed E-state index contributed by atoms with van der Waals surface area (Å²) in [5.74, 6) is 2.00. The van der Waals surface area contributed by atoms with Crippen LogP contribution in [0.3, 0.4) is 0 Å². The van der Waals surface area contributed by atoms with E-state index in [1.54, 1.807) is 7.11 Å². The van der Waals surface area contributed by atoms with Crippen LogP contribution in [-0.4, -0.2) is 38.3 Å². The number of ether oxygens (including phenoxy) is 1. The van der Waals surface area contributed by atoms with Crippen LogP contribution >= 0.6 is 0 Å². The van der Waals surface area contributed by atoms with E-state index in [0.717, 1.165) is 49.7 Å². The van der Waals surface area contributed by atoms with Crippen molar-refractivity contribution in [2.24, 2.45) is 0 Å². The Morgan fingerprint density at radius 2 is 2.05 bits per heavy atom. The molecule has 1 saturated heterocycles. The molecular weight excluding hydrogens is 250 g/mol. The fourth-order valence-electron chi connectivity index (χ4n) is 2.72. The largest absolute Gasteiger partial charge is 0.497 e. The van der Waals surface area contributed by atoms with E-state index in [2.05, 4.69) is 29.3 Å². The maximum atomic E-state index is 5.30. The number of pyridine rings is 1. The molecule has 1 aliphatic heterocycles. The first-order chi connectivity index (χ1) is 9.81. The number of aryl methyl sites for hydroxylation is 1. The van der Waals surface area contributed by atoms with Crippen molar-refractivity contribution in [1.29, 1.82) is 0 Å². The minimum atomic E-state index is 0.862. The van der Waals surface area contributed by atoms with Gasteiger partial charge in [-0.05, 0) is 30.2 Å². The number of aromatic nitrogens is 1. The second-order valence-electron chi connectivity index (χ2n) is 5.12. The van der Waals surface area contributed by atoms with Crippen molar-refractivity contribution >= 4 is 16.7 Å². The van der Waals surface area contributed by atoms with E-state index < -0.39 is 0 Å². The van der Waals surface area contributed by atoms with E-state index in [1.807, 2.05) is 12.1 Å². The van der Waals surface area contributed by atoms with Gasteiger partial charge in [-0.15, -0.1) is 0 Å². The first kappa shape index (κ1) is 13.2. The average molecular weight is 271 g/mol. The van der Waals surface area contributed by atoms with E-state index in [9.17, 15) is 0 Å². The van der Waals surface area contributed by atoms with Crippen molar-refractivity contribution in [3.8, 4) is 5.75 Å². The van der Waals surface area contributed by atoms with Gasteiger partial charge in [-0.2, -0.15) is 0 Å². The Balaban J connectivity index is 2.08. The van der Waals surface area contributed by atoms with Crippen molar-refractivity contribution in [1.82, 2.24) is 10.3 Å². The Morgan fingerprint density at radius 1 is 1.25 bits per heavy atom. The summed E-state index contributed by atoms with van der Waals surface area (Å²) in [7, 11) is 1.69. The van der Waals surface area contributed by atoms with Gasteiger partial charge in [0, 0.05) is 37.6 Å². The normalized spacial score (nSPS) is 15.6. The molecular formula is C16H21N3O. The minimum Gasteiger partial charge on any atom is -0.497 e. The molecule has 1 fully saturated rings. The molecule has 2 heterocycles. The molecule has 0 radical (unpaired) electrons. The molecule has 0 bridgehead atoms. The molecule has 1 aromatic carbocycles. The van der Waals surface area contributed by atoms with Crippen molar-refractivity contribution < 1.29 is 4.74 Å². The van der Waals surface area contributed by atoms with Gasteiger partial charge in [-0.25, -0.2) is 4.98 Å². The van der Waals surface area contributed by atoms with Gasteiger partial charge in [0.15, 0.2) is 0 Å².